The Bertz CT molecular complexity index is 863. The molecule has 0 fully saturated rings. The number of anilines is 1. The third-order valence-corrected chi connectivity index (χ3v) is 4.86. The monoisotopic (exact) mass is 386 g/mol. The molecule has 0 saturated heterocycles. The van der Waals surface area contributed by atoms with Gasteiger partial charge in [-0.05, 0) is 37.6 Å². The van der Waals surface area contributed by atoms with Crippen molar-refractivity contribution in [2.75, 3.05) is 11.9 Å². The van der Waals surface area contributed by atoms with Crippen molar-refractivity contribution in [1.82, 2.24) is 4.98 Å². The van der Waals surface area contributed by atoms with Gasteiger partial charge in [-0.25, -0.2) is 4.98 Å². The lowest BCUT2D eigenvalue weighted by Gasteiger charge is -2.05. The lowest BCUT2D eigenvalue weighted by molar-refractivity contribution is -0.116. The summed E-state index contributed by atoms with van der Waals surface area (Å²) in [7, 11) is 0. The lowest BCUT2D eigenvalue weighted by atomic mass is 10.1. The number of ether oxygens (including phenoxy) is 1. The third-order valence-electron chi connectivity index (χ3n) is 3.72. The average Bonchev–Trinajstić information content (AvgIpc) is 3.00. The van der Waals surface area contributed by atoms with Crippen molar-refractivity contribution in [3.05, 3.63) is 64.5 Å². The van der Waals surface area contributed by atoms with E-state index in [1.54, 1.807) is 0 Å². The summed E-state index contributed by atoms with van der Waals surface area (Å²) < 4.78 is 5.59. The van der Waals surface area contributed by atoms with Crippen LogP contribution in [-0.4, -0.2) is 17.5 Å². The van der Waals surface area contributed by atoms with Gasteiger partial charge in [-0.15, -0.1) is 11.3 Å². The average molecular weight is 387 g/mol. The molecule has 0 aliphatic rings. The third kappa shape index (κ3) is 5.07. The molecule has 0 atom stereocenters. The molecule has 3 aromatic rings. The van der Waals surface area contributed by atoms with Gasteiger partial charge in [-0.3, -0.25) is 4.79 Å². The van der Waals surface area contributed by atoms with Gasteiger partial charge in [0.05, 0.1) is 12.3 Å². The number of halogens is 1. The van der Waals surface area contributed by atoms with Crippen molar-refractivity contribution in [2.24, 2.45) is 0 Å². The molecule has 26 heavy (non-hydrogen) atoms. The summed E-state index contributed by atoms with van der Waals surface area (Å²) in [5.74, 6) is 0.758. The second kappa shape index (κ2) is 8.83. The molecule has 1 aromatic heterocycles. The van der Waals surface area contributed by atoms with Gasteiger partial charge in [0.25, 0.3) is 0 Å². The highest BCUT2D eigenvalue weighted by Gasteiger charge is 2.12. The first-order chi connectivity index (χ1) is 12.6. The summed E-state index contributed by atoms with van der Waals surface area (Å²) in [6, 6.07) is 17.1. The summed E-state index contributed by atoms with van der Waals surface area (Å²) in [6.45, 7) is 2.50. The minimum absolute atomic E-state index is 0.0573. The molecule has 1 N–H and O–H groups in total. The van der Waals surface area contributed by atoms with E-state index in [9.17, 15) is 4.79 Å². The van der Waals surface area contributed by atoms with E-state index in [1.165, 1.54) is 11.3 Å². The van der Waals surface area contributed by atoms with Crippen LogP contribution in [0, 0.1) is 6.92 Å². The number of para-hydroxylation sites is 1. The van der Waals surface area contributed by atoms with Crippen molar-refractivity contribution in [3.63, 3.8) is 0 Å². The molecule has 0 bridgehead atoms. The molecule has 0 aliphatic heterocycles. The zero-order valence-corrected chi connectivity index (χ0v) is 15.9. The fourth-order valence-corrected chi connectivity index (χ4v) is 3.42. The molecule has 1 amide bonds. The number of nitrogens with one attached hydrogen (secondary N) is 1. The predicted molar refractivity (Wildman–Crippen MR) is 107 cm³/mol. The highest BCUT2D eigenvalue weighted by atomic mass is 35.5. The number of aromatic nitrogens is 1. The molecular formula is C20H19ClN2O2S. The van der Waals surface area contributed by atoms with Gasteiger partial charge in [0, 0.05) is 21.9 Å². The van der Waals surface area contributed by atoms with Crippen LogP contribution in [0.25, 0.3) is 11.3 Å². The normalized spacial score (nSPS) is 10.5. The topological polar surface area (TPSA) is 51.2 Å². The zero-order chi connectivity index (χ0) is 18.4. The number of thiazole rings is 1. The molecule has 134 valence electrons. The quantitative estimate of drug-likeness (QED) is 0.540. The van der Waals surface area contributed by atoms with Crippen molar-refractivity contribution in [1.29, 1.82) is 0 Å². The number of carbonyl (C=O) groups is 1. The smallest absolute Gasteiger partial charge is 0.226 e. The minimum Gasteiger partial charge on any atom is -0.494 e. The Kier molecular flexibility index (Phi) is 6.26. The second-order valence-corrected chi connectivity index (χ2v) is 7.38. The Balaban J connectivity index is 1.50. The van der Waals surface area contributed by atoms with E-state index in [-0.39, 0.29) is 5.91 Å². The number of hydrogen-bond donors (Lipinski definition) is 1. The lowest BCUT2D eigenvalue weighted by Crippen LogP contribution is -2.12. The number of amides is 1. The number of carbonyl (C=O) groups excluding carboxylic acids is 1. The van der Waals surface area contributed by atoms with Crippen LogP contribution in [0.3, 0.4) is 0 Å². The van der Waals surface area contributed by atoms with E-state index in [4.69, 9.17) is 16.3 Å². The van der Waals surface area contributed by atoms with Crippen LogP contribution < -0.4 is 10.1 Å². The largest absolute Gasteiger partial charge is 0.494 e. The molecule has 6 heteroatoms. The zero-order valence-electron chi connectivity index (χ0n) is 14.4. The molecule has 0 spiro atoms. The molecule has 0 radical (unpaired) electrons. The van der Waals surface area contributed by atoms with Crippen LogP contribution in [0.1, 0.15) is 17.7 Å². The van der Waals surface area contributed by atoms with Crippen molar-refractivity contribution in [2.45, 2.75) is 19.8 Å². The van der Waals surface area contributed by atoms with Crippen molar-refractivity contribution >= 4 is 34.0 Å². The van der Waals surface area contributed by atoms with Crippen molar-refractivity contribution in [3.8, 4) is 17.0 Å². The Morgan fingerprint density at radius 2 is 1.88 bits per heavy atom. The van der Waals surface area contributed by atoms with Gasteiger partial charge >= 0.3 is 0 Å². The number of hydrogen-bond acceptors (Lipinski definition) is 4. The van der Waals surface area contributed by atoms with Crippen LogP contribution in [-0.2, 0) is 4.79 Å². The first kappa shape index (κ1) is 18.4. The molecule has 0 saturated carbocycles. The standard InChI is InChI=1S/C20H19ClN2O2S/c1-14-19(15-9-11-16(21)12-10-15)23-20(26-14)22-18(24)8-5-13-25-17-6-3-2-4-7-17/h2-4,6-7,9-12H,5,8,13H2,1H3,(H,22,23,24). The van der Waals surface area contributed by atoms with Gasteiger partial charge in [0.2, 0.25) is 5.91 Å². The van der Waals surface area contributed by atoms with E-state index in [1.807, 2.05) is 61.5 Å². The first-order valence-electron chi connectivity index (χ1n) is 8.33. The Morgan fingerprint density at radius 3 is 2.62 bits per heavy atom. The molecular weight excluding hydrogens is 368 g/mol. The fourth-order valence-electron chi connectivity index (χ4n) is 2.45. The summed E-state index contributed by atoms with van der Waals surface area (Å²) in [5.41, 5.74) is 1.86. The summed E-state index contributed by atoms with van der Waals surface area (Å²) >= 11 is 7.40. The van der Waals surface area contributed by atoms with Gasteiger partial charge in [0.15, 0.2) is 5.13 Å². The van der Waals surface area contributed by atoms with E-state index >= 15 is 0 Å². The van der Waals surface area contributed by atoms with Crippen LogP contribution >= 0.6 is 22.9 Å². The van der Waals surface area contributed by atoms with Gasteiger partial charge in [-0.2, -0.15) is 0 Å². The van der Waals surface area contributed by atoms with Crippen LogP contribution in [0.2, 0.25) is 5.02 Å². The van der Waals surface area contributed by atoms with E-state index in [0.29, 0.717) is 29.6 Å². The second-order valence-electron chi connectivity index (χ2n) is 5.74. The Hall–Kier alpha value is -2.37. The Labute approximate surface area is 161 Å². The van der Waals surface area contributed by atoms with Crippen LogP contribution in [0.15, 0.2) is 54.6 Å². The number of rotatable bonds is 7. The van der Waals surface area contributed by atoms with Gasteiger partial charge in [0.1, 0.15) is 5.75 Å². The Morgan fingerprint density at radius 1 is 1.15 bits per heavy atom. The maximum Gasteiger partial charge on any atom is 0.226 e. The van der Waals surface area contributed by atoms with Crippen molar-refractivity contribution < 1.29 is 9.53 Å². The minimum atomic E-state index is -0.0573. The molecule has 0 aliphatic carbocycles. The maximum absolute atomic E-state index is 12.1. The van der Waals surface area contributed by atoms with Crippen LogP contribution in [0.4, 0.5) is 5.13 Å². The molecule has 1 heterocycles. The molecule has 2 aromatic carbocycles. The summed E-state index contributed by atoms with van der Waals surface area (Å²) in [5, 5.41) is 4.17. The van der Waals surface area contributed by atoms with Gasteiger partial charge in [-0.1, -0.05) is 41.9 Å². The van der Waals surface area contributed by atoms with E-state index < -0.39 is 0 Å². The highest BCUT2D eigenvalue weighted by molar-refractivity contribution is 7.16. The predicted octanol–water partition coefficient (Wildman–Crippen LogP) is 5.57. The van der Waals surface area contributed by atoms with E-state index in [0.717, 1.165) is 21.9 Å². The number of aryl methyl sites for hydroxylation is 1. The number of nitrogens with zero attached hydrogens (tertiary/aromatic N) is 1. The molecule has 3 rings (SSSR count). The SMILES string of the molecule is Cc1sc(NC(=O)CCCOc2ccccc2)nc1-c1ccc(Cl)cc1. The molecule has 4 nitrogen and oxygen atoms in total. The van der Waals surface area contributed by atoms with Crippen LogP contribution in [0.5, 0.6) is 5.75 Å². The highest BCUT2D eigenvalue weighted by Crippen LogP contribution is 2.31. The fraction of sp³-hybridized carbons (Fsp3) is 0.200. The first-order valence-corrected chi connectivity index (χ1v) is 9.52. The number of benzene rings is 2. The summed E-state index contributed by atoms with van der Waals surface area (Å²) in [6.07, 6.45) is 1.04. The summed E-state index contributed by atoms with van der Waals surface area (Å²) in [4.78, 5) is 17.7. The maximum atomic E-state index is 12.1. The van der Waals surface area contributed by atoms with E-state index in [2.05, 4.69) is 10.3 Å². The molecule has 0 unspecified atom stereocenters. The van der Waals surface area contributed by atoms with Gasteiger partial charge < -0.3 is 10.1 Å².